The molecule has 0 aromatic heterocycles. The molecule has 0 aliphatic heterocycles. The maximum atomic E-state index is 2.50. The largest absolute Gasteiger partial charge is 0.326 e. The van der Waals surface area contributed by atoms with Crippen LogP contribution in [-0.4, -0.2) is 31.2 Å². The van der Waals surface area contributed by atoms with Crippen molar-refractivity contribution in [1.82, 2.24) is 0 Å². The molecule has 0 radical (unpaired) electrons. The molecule has 128 valence electrons. The highest BCUT2D eigenvalue weighted by Gasteiger charge is 2.19. The molecular formula is C20H44N+. The van der Waals surface area contributed by atoms with E-state index in [9.17, 15) is 0 Å². The molecule has 0 fully saturated rings. The predicted molar refractivity (Wildman–Crippen MR) is 97.8 cm³/mol. The molecule has 0 aromatic carbocycles. The van der Waals surface area contributed by atoms with Crippen molar-refractivity contribution in [2.24, 2.45) is 0 Å². The van der Waals surface area contributed by atoms with Gasteiger partial charge in [0, 0.05) is 0 Å². The van der Waals surface area contributed by atoms with E-state index in [1.807, 2.05) is 0 Å². The van der Waals surface area contributed by atoms with Gasteiger partial charge in [0.15, 0.2) is 0 Å². The van der Waals surface area contributed by atoms with Gasteiger partial charge in [-0.2, -0.15) is 0 Å². The standard InChI is InChI=1S/C20H44N/c1-5-8-10-12-13-14-15-17-20-21(4,18-7-3)19-16-11-9-6-2/h5-20H2,1-4H3/q+1. The lowest BCUT2D eigenvalue weighted by atomic mass is 10.1. The quantitative estimate of drug-likeness (QED) is 0.223. The molecule has 0 saturated carbocycles. The molecule has 1 unspecified atom stereocenters. The fourth-order valence-corrected chi connectivity index (χ4v) is 3.42. The highest BCUT2D eigenvalue weighted by atomic mass is 15.3. The Kier molecular flexibility index (Phi) is 14.9. The zero-order valence-corrected chi connectivity index (χ0v) is 15.8. The van der Waals surface area contributed by atoms with Gasteiger partial charge in [-0.25, -0.2) is 0 Å². The lowest BCUT2D eigenvalue weighted by Crippen LogP contribution is -2.46. The minimum Gasteiger partial charge on any atom is -0.326 e. The summed E-state index contributed by atoms with van der Waals surface area (Å²) < 4.78 is 1.33. The first-order valence-electron chi connectivity index (χ1n) is 10.0. The van der Waals surface area contributed by atoms with Crippen LogP contribution in [0.5, 0.6) is 0 Å². The fourth-order valence-electron chi connectivity index (χ4n) is 3.42. The van der Waals surface area contributed by atoms with Crippen molar-refractivity contribution in [1.29, 1.82) is 0 Å². The number of hydrogen-bond donors (Lipinski definition) is 0. The summed E-state index contributed by atoms with van der Waals surface area (Å²) in [5, 5.41) is 0. The minimum absolute atomic E-state index is 1.33. The van der Waals surface area contributed by atoms with Crippen LogP contribution < -0.4 is 0 Å². The number of quaternary nitrogens is 1. The lowest BCUT2D eigenvalue weighted by Gasteiger charge is -2.34. The van der Waals surface area contributed by atoms with E-state index >= 15 is 0 Å². The molecule has 0 N–H and O–H groups in total. The normalized spacial score (nSPS) is 14.3. The van der Waals surface area contributed by atoms with E-state index in [0.717, 1.165) is 0 Å². The van der Waals surface area contributed by atoms with E-state index in [-0.39, 0.29) is 0 Å². The fraction of sp³-hybridized carbons (Fsp3) is 1.00. The van der Waals surface area contributed by atoms with Crippen molar-refractivity contribution >= 4 is 0 Å². The van der Waals surface area contributed by atoms with Gasteiger partial charge in [-0.05, 0) is 32.1 Å². The van der Waals surface area contributed by atoms with Gasteiger partial charge in [0.1, 0.15) is 0 Å². The van der Waals surface area contributed by atoms with Crippen molar-refractivity contribution in [3.05, 3.63) is 0 Å². The van der Waals surface area contributed by atoms with Crippen LogP contribution in [0, 0.1) is 0 Å². The summed E-state index contributed by atoms with van der Waals surface area (Å²) in [5.74, 6) is 0. The van der Waals surface area contributed by atoms with Crippen LogP contribution >= 0.6 is 0 Å². The van der Waals surface area contributed by atoms with E-state index in [0.29, 0.717) is 0 Å². The summed E-state index contributed by atoms with van der Waals surface area (Å²) in [4.78, 5) is 0. The molecule has 0 spiro atoms. The maximum Gasteiger partial charge on any atom is 0.0784 e. The molecule has 0 aliphatic rings. The highest BCUT2D eigenvalue weighted by molar-refractivity contribution is 4.48. The highest BCUT2D eigenvalue weighted by Crippen LogP contribution is 2.14. The summed E-state index contributed by atoms with van der Waals surface area (Å²) >= 11 is 0. The summed E-state index contributed by atoms with van der Waals surface area (Å²) in [5.41, 5.74) is 0. The summed E-state index contributed by atoms with van der Waals surface area (Å²) in [6, 6.07) is 0. The van der Waals surface area contributed by atoms with Gasteiger partial charge in [-0.15, -0.1) is 0 Å². The van der Waals surface area contributed by atoms with Crippen molar-refractivity contribution in [3.8, 4) is 0 Å². The summed E-state index contributed by atoms with van der Waals surface area (Å²) in [6.45, 7) is 11.1. The predicted octanol–water partition coefficient (Wildman–Crippen LogP) is 6.56. The van der Waals surface area contributed by atoms with Crippen LogP contribution in [0.15, 0.2) is 0 Å². The van der Waals surface area contributed by atoms with Crippen molar-refractivity contribution < 1.29 is 4.48 Å². The molecule has 0 amide bonds. The third-order valence-electron chi connectivity index (χ3n) is 4.87. The molecule has 0 saturated heterocycles. The van der Waals surface area contributed by atoms with Gasteiger partial charge in [-0.1, -0.05) is 72.1 Å². The van der Waals surface area contributed by atoms with Crippen LogP contribution in [0.1, 0.15) is 104 Å². The molecule has 0 aliphatic carbocycles. The van der Waals surface area contributed by atoms with Gasteiger partial charge in [-0.3, -0.25) is 0 Å². The lowest BCUT2D eigenvalue weighted by molar-refractivity contribution is -0.910. The van der Waals surface area contributed by atoms with Crippen LogP contribution in [0.25, 0.3) is 0 Å². The third kappa shape index (κ3) is 13.4. The Morgan fingerprint density at radius 1 is 0.429 bits per heavy atom. The Morgan fingerprint density at radius 2 is 0.810 bits per heavy atom. The van der Waals surface area contributed by atoms with E-state index in [2.05, 4.69) is 27.8 Å². The van der Waals surface area contributed by atoms with Gasteiger partial charge in [0.2, 0.25) is 0 Å². The minimum atomic E-state index is 1.33. The van der Waals surface area contributed by atoms with Crippen molar-refractivity contribution in [2.75, 3.05) is 26.7 Å². The second-order valence-electron chi connectivity index (χ2n) is 7.33. The average molecular weight is 299 g/mol. The van der Waals surface area contributed by atoms with Crippen LogP contribution in [0.3, 0.4) is 0 Å². The molecule has 0 rings (SSSR count). The maximum absolute atomic E-state index is 2.50. The Bertz CT molecular complexity index is 202. The van der Waals surface area contributed by atoms with Gasteiger partial charge < -0.3 is 4.48 Å². The molecule has 0 heterocycles. The topological polar surface area (TPSA) is 0 Å². The zero-order valence-electron chi connectivity index (χ0n) is 15.8. The Labute approximate surface area is 136 Å². The second kappa shape index (κ2) is 14.9. The van der Waals surface area contributed by atoms with Crippen molar-refractivity contribution in [2.45, 2.75) is 104 Å². The number of unbranched alkanes of at least 4 members (excludes halogenated alkanes) is 10. The number of nitrogens with zero attached hydrogens (tertiary/aromatic N) is 1. The Hall–Kier alpha value is -0.0400. The van der Waals surface area contributed by atoms with Crippen LogP contribution in [-0.2, 0) is 0 Å². The molecule has 1 atom stereocenters. The monoisotopic (exact) mass is 298 g/mol. The first kappa shape index (κ1) is 21.0. The first-order chi connectivity index (χ1) is 10.2. The molecule has 21 heavy (non-hydrogen) atoms. The van der Waals surface area contributed by atoms with Crippen LogP contribution in [0.4, 0.5) is 0 Å². The van der Waals surface area contributed by atoms with Crippen molar-refractivity contribution in [3.63, 3.8) is 0 Å². The number of rotatable bonds is 16. The average Bonchev–Trinajstić information content (AvgIpc) is 2.47. The smallest absolute Gasteiger partial charge is 0.0784 e. The molecule has 0 aromatic rings. The van der Waals surface area contributed by atoms with Crippen LogP contribution in [0.2, 0.25) is 0 Å². The SMILES string of the molecule is CCCCCCCCCC[N+](C)(CCC)CCCCCC. The first-order valence-corrected chi connectivity index (χ1v) is 10.0. The zero-order chi connectivity index (χ0) is 15.8. The molecule has 0 bridgehead atoms. The molecular weight excluding hydrogens is 254 g/mol. The summed E-state index contributed by atoms with van der Waals surface area (Å²) in [7, 11) is 2.50. The van der Waals surface area contributed by atoms with Gasteiger partial charge in [0.05, 0.1) is 26.7 Å². The van der Waals surface area contributed by atoms with E-state index < -0.39 is 0 Å². The number of hydrogen-bond acceptors (Lipinski definition) is 0. The van der Waals surface area contributed by atoms with E-state index in [4.69, 9.17) is 0 Å². The summed E-state index contributed by atoms with van der Waals surface area (Å²) in [6.07, 6.45) is 18.5. The third-order valence-corrected chi connectivity index (χ3v) is 4.87. The second-order valence-corrected chi connectivity index (χ2v) is 7.33. The van der Waals surface area contributed by atoms with E-state index in [1.165, 1.54) is 108 Å². The molecule has 1 nitrogen and oxygen atoms in total. The van der Waals surface area contributed by atoms with Gasteiger partial charge >= 0.3 is 0 Å². The van der Waals surface area contributed by atoms with E-state index in [1.54, 1.807) is 0 Å². The Morgan fingerprint density at radius 3 is 1.24 bits per heavy atom. The van der Waals surface area contributed by atoms with Gasteiger partial charge in [0.25, 0.3) is 0 Å². The Balaban J connectivity index is 3.66. The molecule has 1 heteroatoms.